The van der Waals surface area contributed by atoms with Crippen LogP contribution in [-0.4, -0.2) is 25.2 Å². The molecule has 0 spiro atoms. The summed E-state index contributed by atoms with van der Waals surface area (Å²) >= 11 is 0. The second kappa shape index (κ2) is 11.1. The van der Waals surface area contributed by atoms with Gasteiger partial charge in [-0.1, -0.05) is 62.8 Å². The maximum absolute atomic E-state index is 2.63. The fourth-order valence-corrected chi connectivity index (χ4v) is 5.93. The lowest BCUT2D eigenvalue weighted by Gasteiger charge is -2.35. The van der Waals surface area contributed by atoms with E-state index in [0.29, 0.717) is 0 Å². The number of rotatable bonds is 8. The van der Waals surface area contributed by atoms with E-state index < -0.39 is 0 Å². The summed E-state index contributed by atoms with van der Waals surface area (Å²) in [6.07, 6.45) is 14.9. The lowest BCUT2D eigenvalue weighted by atomic mass is 9.93. The molecule has 2 aromatic carbocycles. The molecule has 2 fully saturated rings. The van der Waals surface area contributed by atoms with Crippen LogP contribution in [0.15, 0.2) is 48.5 Å². The molecule has 0 atom stereocenters. The summed E-state index contributed by atoms with van der Waals surface area (Å²) < 4.78 is 0. The minimum Gasteiger partial charge on any atom is -0.369 e. The van der Waals surface area contributed by atoms with Crippen molar-refractivity contribution < 1.29 is 0 Å². The first-order valence-electron chi connectivity index (χ1n) is 13.0. The molecule has 0 aromatic heterocycles. The molecule has 31 heavy (non-hydrogen) atoms. The molecule has 0 N–H and O–H groups in total. The van der Waals surface area contributed by atoms with E-state index in [1.54, 1.807) is 0 Å². The Morgan fingerprint density at radius 2 is 0.903 bits per heavy atom. The fourth-order valence-electron chi connectivity index (χ4n) is 5.93. The van der Waals surface area contributed by atoms with Crippen LogP contribution in [0.3, 0.4) is 0 Å². The van der Waals surface area contributed by atoms with Gasteiger partial charge in [-0.3, -0.25) is 0 Å². The van der Waals surface area contributed by atoms with Crippen molar-refractivity contribution in [1.82, 2.24) is 0 Å². The quantitative estimate of drug-likeness (QED) is 0.435. The van der Waals surface area contributed by atoms with Gasteiger partial charge in [-0.25, -0.2) is 0 Å². The lowest BCUT2D eigenvalue weighted by molar-refractivity contribution is 0.418. The number of benzene rings is 2. The molecule has 2 aliphatic carbocycles. The molecule has 0 unspecified atom stereocenters. The van der Waals surface area contributed by atoms with E-state index in [2.05, 4.69) is 72.2 Å². The predicted molar refractivity (Wildman–Crippen MR) is 135 cm³/mol. The van der Waals surface area contributed by atoms with Crippen molar-refractivity contribution in [3.63, 3.8) is 0 Å². The topological polar surface area (TPSA) is 6.48 Å². The van der Waals surface area contributed by atoms with Crippen LogP contribution >= 0.6 is 0 Å². The molecule has 0 saturated heterocycles. The third kappa shape index (κ3) is 5.64. The summed E-state index contributed by atoms with van der Waals surface area (Å²) in [5.74, 6) is 0. The summed E-state index contributed by atoms with van der Waals surface area (Å²) in [7, 11) is 0. The molecular formula is C29H42N2. The highest BCUT2D eigenvalue weighted by atomic mass is 15.2. The van der Waals surface area contributed by atoms with Gasteiger partial charge in [0.25, 0.3) is 0 Å². The van der Waals surface area contributed by atoms with E-state index in [1.807, 2.05) is 0 Å². The Labute approximate surface area is 190 Å². The van der Waals surface area contributed by atoms with E-state index in [9.17, 15) is 0 Å². The molecule has 0 amide bonds. The van der Waals surface area contributed by atoms with Crippen molar-refractivity contribution in [2.24, 2.45) is 0 Å². The van der Waals surface area contributed by atoms with Gasteiger partial charge >= 0.3 is 0 Å². The monoisotopic (exact) mass is 418 g/mol. The first-order chi connectivity index (χ1) is 15.3. The van der Waals surface area contributed by atoms with Crippen LogP contribution in [0.5, 0.6) is 0 Å². The Hall–Kier alpha value is -1.96. The van der Waals surface area contributed by atoms with E-state index >= 15 is 0 Å². The highest BCUT2D eigenvalue weighted by Crippen LogP contribution is 2.29. The van der Waals surface area contributed by atoms with Crippen molar-refractivity contribution in [1.29, 1.82) is 0 Å². The molecule has 0 bridgehead atoms. The minimum absolute atomic E-state index is 0.739. The molecule has 2 saturated carbocycles. The molecular weight excluding hydrogens is 376 g/mol. The number of hydrogen-bond acceptors (Lipinski definition) is 2. The van der Waals surface area contributed by atoms with Crippen molar-refractivity contribution in [2.45, 2.75) is 96.6 Å². The second-order valence-electron chi connectivity index (χ2n) is 9.67. The Balaban J connectivity index is 1.38. The number of nitrogens with zero attached hydrogens (tertiary/aromatic N) is 2. The van der Waals surface area contributed by atoms with Gasteiger partial charge in [-0.05, 0) is 81.3 Å². The summed E-state index contributed by atoms with van der Waals surface area (Å²) in [5.41, 5.74) is 5.63. The maximum atomic E-state index is 2.63. The van der Waals surface area contributed by atoms with Gasteiger partial charge in [0, 0.05) is 36.5 Å². The Morgan fingerprint density at radius 1 is 0.548 bits per heavy atom. The largest absolute Gasteiger partial charge is 0.369 e. The third-order valence-corrected chi connectivity index (χ3v) is 7.66. The SMILES string of the molecule is CCN(c1ccc(Cc2ccc(N(CC)C3CCCCC3)cc2)cc1)C1CCCCC1. The Bertz CT molecular complexity index is 700. The van der Waals surface area contributed by atoms with Crippen LogP contribution in [0.1, 0.15) is 89.2 Å². The zero-order valence-corrected chi connectivity index (χ0v) is 19.9. The third-order valence-electron chi connectivity index (χ3n) is 7.66. The average Bonchev–Trinajstić information content (AvgIpc) is 2.84. The molecule has 4 rings (SSSR count). The van der Waals surface area contributed by atoms with Gasteiger partial charge in [-0.15, -0.1) is 0 Å². The van der Waals surface area contributed by atoms with Gasteiger partial charge < -0.3 is 9.80 Å². The molecule has 2 nitrogen and oxygen atoms in total. The van der Waals surface area contributed by atoms with E-state index in [-0.39, 0.29) is 0 Å². The zero-order valence-electron chi connectivity index (χ0n) is 19.9. The Kier molecular flexibility index (Phi) is 7.94. The zero-order chi connectivity index (χ0) is 21.5. The highest BCUT2D eigenvalue weighted by Gasteiger charge is 2.21. The molecule has 2 heteroatoms. The van der Waals surface area contributed by atoms with Gasteiger partial charge in [0.2, 0.25) is 0 Å². The average molecular weight is 419 g/mol. The highest BCUT2D eigenvalue weighted by molar-refractivity contribution is 5.51. The van der Waals surface area contributed by atoms with Crippen LogP contribution in [0.2, 0.25) is 0 Å². The summed E-state index contributed by atoms with van der Waals surface area (Å²) in [6, 6.07) is 20.3. The molecule has 168 valence electrons. The fraction of sp³-hybridized carbons (Fsp3) is 0.586. The van der Waals surface area contributed by atoms with E-state index in [1.165, 1.54) is 86.7 Å². The van der Waals surface area contributed by atoms with Crippen molar-refractivity contribution in [3.8, 4) is 0 Å². The molecule has 2 aliphatic rings. The summed E-state index contributed by atoms with van der Waals surface area (Å²) in [4.78, 5) is 5.25. The minimum atomic E-state index is 0.739. The molecule has 0 heterocycles. The van der Waals surface area contributed by atoms with Crippen molar-refractivity contribution in [2.75, 3.05) is 22.9 Å². The van der Waals surface area contributed by atoms with Gasteiger partial charge in [0.05, 0.1) is 0 Å². The first kappa shape index (κ1) is 22.2. The van der Waals surface area contributed by atoms with E-state index in [4.69, 9.17) is 0 Å². The molecule has 2 aromatic rings. The molecule has 0 radical (unpaired) electrons. The van der Waals surface area contributed by atoms with Gasteiger partial charge in [0.15, 0.2) is 0 Å². The number of anilines is 2. The van der Waals surface area contributed by atoms with Crippen LogP contribution in [0.4, 0.5) is 11.4 Å². The maximum Gasteiger partial charge on any atom is 0.0368 e. The predicted octanol–water partition coefficient (Wildman–Crippen LogP) is 7.60. The van der Waals surface area contributed by atoms with Crippen molar-refractivity contribution >= 4 is 11.4 Å². The van der Waals surface area contributed by atoms with Gasteiger partial charge in [-0.2, -0.15) is 0 Å². The normalized spacial score (nSPS) is 18.1. The van der Waals surface area contributed by atoms with Crippen LogP contribution in [0.25, 0.3) is 0 Å². The summed E-state index contributed by atoms with van der Waals surface area (Å²) in [5, 5.41) is 0. The van der Waals surface area contributed by atoms with Crippen molar-refractivity contribution in [3.05, 3.63) is 59.7 Å². The van der Waals surface area contributed by atoms with E-state index in [0.717, 1.165) is 31.6 Å². The number of hydrogen-bond donors (Lipinski definition) is 0. The lowest BCUT2D eigenvalue weighted by Crippen LogP contribution is -2.36. The van der Waals surface area contributed by atoms with Crippen LogP contribution < -0.4 is 9.80 Å². The van der Waals surface area contributed by atoms with Crippen LogP contribution in [0, 0.1) is 0 Å². The summed E-state index contributed by atoms with van der Waals surface area (Å²) in [6.45, 7) is 6.83. The molecule has 0 aliphatic heterocycles. The smallest absolute Gasteiger partial charge is 0.0368 e. The van der Waals surface area contributed by atoms with Crippen LogP contribution in [-0.2, 0) is 6.42 Å². The first-order valence-corrected chi connectivity index (χ1v) is 13.0. The standard InChI is InChI=1S/C29H42N2/c1-3-30(26-11-7-5-8-12-26)28-19-15-24(16-20-28)23-25-17-21-29(22-18-25)31(4-2)27-13-9-6-10-14-27/h15-22,26-27H,3-14,23H2,1-2H3. The Morgan fingerprint density at radius 3 is 1.23 bits per heavy atom. The van der Waals surface area contributed by atoms with Gasteiger partial charge in [0.1, 0.15) is 0 Å². The second-order valence-corrected chi connectivity index (χ2v) is 9.67.